The molecular weight excluding hydrogens is 162 g/mol. The number of hydrogen-bond donors (Lipinski definition) is 0. The van der Waals surface area contributed by atoms with Crippen LogP contribution in [0, 0.1) is 6.92 Å². The molecule has 2 aromatic heterocycles. The Kier molecular flexibility index (Phi) is 1.32. The number of halogens is 1. The summed E-state index contributed by atoms with van der Waals surface area (Å²) in [5.41, 5.74) is 1.78. The molecule has 0 spiro atoms. The van der Waals surface area contributed by atoms with Gasteiger partial charge in [-0.15, -0.1) is 0 Å². The molecule has 0 aliphatic carbocycles. The van der Waals surface area contributed by atoms with Gasteiger partial charge in [0.15, 0.2) is 5.65 Å². The first-order chi connectivity index (χ1) is 5.29. The quantitative estimate of drug-likeness (QED) is 0.559. The number of aryl methyl sites for hydroxylation is 1. The normalized spacial score (nSPS) is 10.7. The SMILES string of the molecule is Cc1ccc2ncnn2c1Cl. The first kappa shape index (κ1) is 6.61. The lowest BCUT2D eigenvalue weighted by Crippen LogP contribution is -1.90. The highest BCUT2D eigenvalue weighted by molar-refractivity contribution is 6.30. The zero-order chi connectivity index (χ0) is 7.84. The van der Waals surface area contributed by atoms with Crippen LogP contribution >= 0.6 is 11.6 Å². The average Bonchev–Trinajstić information content (AvgIpc) is 2.45. The van der Waals surface area contributed by atoms with Crippen molar-refractivity contribution >= 4 is 17.2 Å². The minimum Gasteiger partial charge on any atom is -0.215 e. The Morgan fingerprint density at radius 1 is 1.45 bits per heavy atom. The third-order valence-electron chi connectivity index (χ3n) is 1.57. The molecule has 0 saturated carbocycles. The molecule has 2 heterocycles. The van der Waals surface area contributed by atoms with Crippen LogP contribution in [-0.4, -0.2) is 14.6 Å². The van der Waals surface area contributed by atoms with Crippen molar-refractivity contribution in [1.82, 2.24) is 14.6 Å². The van der Waals surface area contributed by atoms with Crippen LogP contribution in [0.5, 0.6) is 0 Å². The molecule has 11 heavy (non-hydrogen) atoms. The number of aromatic nitrogens is 3. The maximum Gasteiger partial charge on any atom is 0.157 e. The molecule has 3 nitrogen and oxygen atoms in total. The van der Waals surface area contributed by atoms with Crippen LogP contribution in [0.15, 0.2) is 18.5 Å². The fraction of sp³-hybridized carbons (Fsp3) is 0.143. The van der Waals surface area contributed by atoms with Crippen molar-refractivity contribution in [2.75, 3.05) is 0 Å². The summed E-state index contributed by atoms with van der Waals surface area (Å²) in [6, 6.07) is 3.81. The molecule has 0 atom stereocenters. The number of rotatable bonds is 0. The lowest BCUT2D eigenvalue weighted by atomic mass is 10.3. The number of hydrogen-bond acceptors (Lipinski definition) is 2. The van der Waals surface area contributed by atoms with Crippen LogP contribution in [-0.2, 0) is 0 Å². The van der Waals surface area contributed by atoms with E-state index in [1.807, 2.05) is 19.1 Å². The molecule has 0 N–H and O–H groups in total. The maximum atomic E-state index is 5.93. The highest BCUT2D eigenvalue weighted by Crippen LogP contribution is 2.14. The first-order valence-electron chi connectivity index (χ1n) is 3.24. The summed E-state index contributed by atoms with van der Waals surface area (Å²) >= 11 is 5.93. The Morgan fingerprint density at radius 3 is 3.09 bits per heavy atom. The van der Waals surface area contributed by atoms with Crippen LogP contribution in [0.1, 0.15) is 5.56 Å². The van der Waals surface area contributed by atoms with Crippen molar-refractivity contribution < 1.29 is 0 Å². The summed E-state index contributed by atoms with van der Waals surface area (Å²) < 4.78 is 1.61. The van der Waals surface area contributed by atoms with Crippen LogP contribution in [0.4, 0.5) is 0 Å². The van der Waals surface area contributed by atoms with Gasteiger partial charge in [0.05, 0.1) is 0 Å². The van der Waals surface area contributed by atoms with Gasteiger partial charge in [-0.2, -0.15) is 5.10 Å². The van der Waals surface area contributed by atoms with E-state index in [1.165, 1.54) is 6.33 Å². The summed E-state index contributed by atoms with van der Waals surface area (Å²) in [6.07, 6.45) is 1.49. The minimum atomic E-state index is 0.625. The van der Waals surface area contributed by atoms with E-state index in [4.69, 9.17) is 11.6 Å². The molecule has 2 aromatic rings. The number of nitrogens with zero attached hydrogens (tertiary/aromatic N) is 3. The van der Waals surface area contributed by atoms with Crippen molar-refractivity contribution in [2.45, 2.75) is 6.92 Å². The maximum absolute atomic E-state index is 5.93. The second-order valence-corrected chi connectivity index (χ2v) is 2.70. The Hall–Kier alpha value is -1.09. The van der Waals surface area contributed by atoms with Gasteiger partial charge >= 0.3 is 0 Å². The van der Waals surface area contributed by atoms with Crippen molar-refractivity contribution in [2.24, 2.45) is 0 Å². The summed E-state index contributed by atoms with van der Waals surface area (Å²) in [7, 11) is 0. The molecule has 2 rings (SSSR count). The highest BCUT2D eigenvalue weighted by Gasteiger charge is 2.01. The van der Waals surface area contributed by atoms with E-state index in [0.717, 1.165) is 11.2 Å². The van der Waals surface area contributed by atoms with E-state index >= 15 is 0 Å². The van der Waals surface area contributed by atoms with Crippen molar-refractivity contribution in [3.05, 3.63) is 29.2 Å². The van der Waals surface area contributed by atoms with Gasteiger partial charge in [0.1, 0.15) is 11.5 Å². The molecule has 0 aliphatic heterocycles. The Morgan fingerprint density at radius 2 is 2.27 bits per heavy atom. The van der Waals surface area contributed by atoms with Crippen molar-refractivity contribution in [1.29, 1.82) is 0 Å². The van der Waals surface area contributed by atoms with Gasteiger partial charge in [-0.25, -0.2) is 9.50 Å². The van der Waals surface area contributed by atoms with Crippen LogP contribution < -0.4 is 0 Å². The number of fused-ring (bicyclic) bond motifs is 1. The van der Waals surface area contributed by atoms with E-state index in [9.17, 15) is 0 Å². The van der Waals surface area contributed by atoms with Gasteiger partial charge in [-0.3, -0.25) is 0 Å². The first-order valence-corrected chi connectivity index (χ1v) is 3.61. The van der Waals surface area contributed by atoms with E-state index in [-0.39, 0.29) is 0 Å². The van der Waals surface area contributed by atoms with Gasteiger partial charge in [-0.05, 0) is 18.6 Å². The van der Waals surface area contributed by atoms with E-state index in [2.05, 4.69) is 10.1 Å². The summed E-state index contributed by atoms with van der Waals surface area (Å²) in [4.78, 5) is 3.99. The van der Waals surface area contributed by atoms with E-state index in [0.29, 0.717) is 5.15 Å². The molecule has 0 saturated heterocycles. The standard InChI is InChI=1S/C7H6ClN3/c1-5-2-3-6-9-4-10-11(6)7(5)8/h2-4H,1H3. The van der Waals surface area contributed by atoms with Gasteiger partial charge in [0, 0.05) is 0 Å². The third kappa shape index (κ3) is 0.886. The fourth-order valence-electron chi connectivity index (χ4n) is 0.951. The lowest BCUT2D eigenvalue weighted by molar-refractivity contribution is 0.952. The predicted molar refractivity (Wildman–Crippen MR) is 42.7 cm³/mol. The van der Waals surface area contributed by atoms with Crippen LogP contribution in [0.25, 0.3) is 5.65 Å². The fourth-order valence-corrected chi connectivity index (χ4v) is 1.14. The van der Waals surface area contributed by atoms with Crippen molar-refractivity contribution in [3.63, 3.8) is 0 Å². The third-order valence-corrected chi connectivity index (χ3v) is 2.03. The minimum absolute atomic E-state index is 0.625. The molecular formula is C7H6ClN3. The molecule has 4 heteroatoms. The Balaban J connectivity index is 2.93. The molecule has 0 aromatic carbocycles. The Labute approximate surface area is 68.6 Å². The van der Waals surface area contributed by atoms with Gasteiger partial charge in [0.25, 0.3) is 0 Å². The molecule has 0 amide bonds. The second kappa shape index (κ2) is 2.20. The summed E-state index contributed by atoms with van der Waals surface area (Å²) in [5.74, 6) is 0. The summed E-state index contributed by atoms with van der Waals surface area (Å²) in [5, 5.41) is 4.58. The topological polar surface area (TPSA) is 30.2 Å². The molecule has 0 unspecified atom stereocenters. The van der Waals surface area contributed by atoms with Crippen LogP contribution in [0.3, 0.4) is 0 Å². The summed E-state index contributed by atoms with van der Waals surface area (Å²) in [6.45, 7) is 1.93. The zero-order valence-electron chi connectivity index (χ0n) is 5.95. The second-order valence-electron chi connectivity index (χ2n) is 2.34. The highest BCUT2D eigenvalue weighted by atomic mass is 35.5. The smallest absolute Gasteiger partial charge is 0.157 e. The Bertz CT molecular complexity index is 393. The molecule has 0 radical (unpaired) electrons. The zero-order valence-corrected chi connectivity index (χ0v) is 6.71. The largest absolute Gasteiger partial charge is 0.215 e. The van der Waals surface area contributed by atoms with Gasteiger partial charge < -0.3 is 0 Å². The monoisotopic (exact) mass is 167 g/mol. The van der Waals surface area contributed by atoms with E-state index in [1.54, 1.807) is 4.52 Å². The van der Waals surface area contributed by atoms with Gasteiger partial charge in [-0.1, -0.05) is 17.7 Å². The molecule has 56 valence electrons. The van der Waals surface area contributed by atoms with Gasteiger partial charge in [0.2, 0.25) is 0 Å². The molecule has 0 aliphatic rings. The van der Waals surface area contributed by atoms with Crippen molar-refractivity contribution in [3.8, 4) is 0 Å². The van der Waals surface area contributed by atoms with Crippen LogP contribution in [0.2, 0.25) is 5.15 Å². The number of pyridine rings is 1. The molecule has 0 bridgehead atoms. The van der Waals surface area contributed by atoms with E-state index < -0.39 is 0 Å². The lowest BCUT2D eigenvalue weighted by Gasteiger charge is -1.97. The predicted octanol–water partition coefficient (Wildman–Crippen LogP) is 1.69. The molecule has 0 fully saturated rings. The average molecular weight is 168 g/mol.